The van der Waals surface area contributed by atoms with Crippen molar-refractivity contribution in [1.82, 2.24) is 9.38 Å². The maximum Gasteiger partial charge on any atom is 0.123 e. The molecule has 1 aliphatic rings. The van der Waals surface area contributed by atoms with E-state index in [-0.39, 0.29) is 5.75 Å². The number of aromatic hydroxyl groups is 1. The Kier molecular flexibility index (Phi) is 3.16. The Morgan fingerprint density at radius 1 is 1.18 bits per heavy atom. The third-order valence-electron chi connectivity index (χ3n) is 4.04. The number of aromatic nitrogens is 2. The largest absolute Gasteiger partial charge is 0.507 e. The van der Waals surface area contributed by atoms with Crippen LogP contribution in [0.3, 0.4) is 0 Å². The molecule has 1 aliphatic heterocycles. The van der Waals surface area contributed by atoms with Gasteiger partial charge in [0.05, 0.1) is 31.3 Å². The molecule has 0 spiro atoms. The van der Waals surface area contributed by atoms with Crippen LogP contribution in [-0.2, 0) is 4.74 Å². The van der Waals surface area contributed by atoms with E-state index in [1.807, 2.05) is 35.0 Å². The Morgan fingerprint density at radius 2 is 2.09 bits per heavy atom. The van der Waals surface area contributed by atoms with Gasteiger partial charge >= 0.3 is 0 Å². The second-order valence-corrected chi connectivity index (χ2v) is 5.40. The lowest BCUT2D eigenvalue weighted by Crippen LogP contribution is -2.05. The molecule has 0 aliphatic carbocycles. The lowest BCUT2D eigenvalue weighted by Gasteiger charge is -2.16. The molecular formula is C18H16N2O2. The van der Waals surface area contributed by atoms with Crippen molar-refractivity contribution >= 4 is 11.1 Å². The minimum Gasteiger partial charge on any atom is -0.507 e. The second-order valence-electron chi connectivity index (χ2n) is 5.40. The lowest BCUT2D eigenvalue weighted by molar-refractivity contribution is 0.161. The molecule has 0 fully saturated rings. The first-order chi connectivity index (χ1) is 10.8. The van der Waals surface area contributed by atoms with Gasteiger partial charge in [-0.05, 0) is 24.1 Å². The Bertz CT molecular complexity index is 864. The highest BCUT2D eigenvalue weighted by atomic mass is 16.5. The number of nitrogens with zero attached hydrogens (tertiary/aromatic N) is 2. The van der Waals surface area contributed by atoms with Crippen LogP contribution in [0.25, 0.3) is 22.2 Å². The highest BCUT2D eigenvalue weighted by Gasteiger charge is 2.14. The van der Waals surface area contributed by atoms with Crippen molar-refractivity contribution < 1.29 is 9.84 Å². The number of para-hydroxylation sites is 1. The van der Waals surface area contributed by atoms with Crippen molar-refractivity contribution in [2.45, 2.75) is 6.42 Å². The topological polar surface area (TPSA) is 46.8 Å². The van der Waals surface area contributed by atoms with E-state index in [1.54, 1.807) is 12.4 Å². The standard InChI is InChI=1S/C18H16N2O2/c21-18-4-2-1-3-15(18)14-9-16(13-5-7-22-8-6-13)17-10-19-12-20(17)11-14/h1-5,9-12,21H,6-8H2. The molecule has 3 heterocycles. The molecule has 1 aromatic carbocycles. The van der Waals surface area contributed by atoms with Crippen LogP contribution in [0, 0.1) is 0 Å². The van der Waals surface area contributed by atoms with E-state index in [0.717, 1.165) is 35.2 Å². The highest BCUT2D eigenvalue weighted by Crippen LogP contribution is 2.33. The SMILES string of the molecule is Oc1ccccc1-c1cc(C2=CCOCC2)c2cncn2c1. The van der Waals surface area contributed by atoms with Crippen LogP contribution in [0.2, 0.25) is 0 Å². The van der Waals surface area contributed by atoms with Gasteiger partial charge in [0.2, 0.25) is 0 Å². The van der Waals surface area contributed by atoms with E-state index in [2.05, 4.69) is 17.1 Å². The summed E-state index contributed by atoms with van der Waals surface area (Å²) < 4.78 is 7.42. The van der Waals surface area contributed by atoms with E-state index in [1.165, 1.54) is 5.57 Å². The second kappa shape index (κ2) is 5.31. The zero-order valence-electron chi connectivity index (χ0n) is 12.1. The van der Waals surface area contributed by atoms with Gasteiger partial charge in [0.15, 0.2) is 0 Å². The van der Waals surface area contributed by atoms with Crippen molar-refractivity contribution in [3.63, 3.8) is 0 Å². The molecule has 4 nitrogen and oxygen atoms in total. The van der Waals surface area contributed by atoms with E-state index in [9.17, 15) is 5.11 Å². The summed E-state index contributed by atoms with van der Waals surface area (Å²) in [6, 6.07) is 9.52. The molecule has 0 bridgehead atoms. The number of phenols is 1. The number of pyridine rings is 1. The van der Waals surface area contributed by atoms with Gasteiger partial charge in [-0.1, -0.05) is 24.3 Å². The quantitative estimate of drug-likeness (QED) is 0.786. The van der Waals surface area contributed by atoms with Crippen LogP contribution in [-0.4, -0.2) is 27.7 Å². The van der Waals surface area contributed by atoms with E-state index in [0.29, 0.717) is 6.61 Å². The molecule has 0 atom stereocenters. The lowest BCUT2D eigenvalue weighted by atomic mass is 9.97. The number of phenolic OH excluding ortho intramolecular Hbond substituents is 1. The minimum atomic E-state index is 0.286. The maximum atomic E-state index is 10.1. The van der Waals surface area contributed by atoms with Crippen molar-refractivity contribution in [3.8, 4) is 16.9 Å². The van der Waals surface area contributed by atoms with Gasteiger partial charge in [0.25, 0.3) is 0 Å². The maximum absolute atomic E-state index is 10.1. The average molecular weight is 292 g/mol. The third kappa shape index (κ3) is 2.18. The number of imidazole rings is 1. The Morgan fingerprint density at radius 3 is 2.91 bits per heavy atom. The van der Waals surface area contributed by atoms with E-state index < -0.39 is 0 Å². The van der Waals surface area contributed by atoms with Gasteiger partial charge < -0.3 is 14.2 Å². The Labute approximate surface area is 128 Å². The summed E-state index contributed by atoms with van der Waals surface area (Å²) in [5.74, 6) is 0.286. The van der Waals surface area contributed by atoms with Gasteiger partial charge in [-0.3, -0.25) is 0 Å². The molecule has 0 radical (unpaired) electrons. The number of benzene rings is 1. The fourth-order valence-corrected chi connectivity index (χ4v) is 2.93. The first-order valence-electron chi connectivity index (χ1n) is 7.34. The van der Waals surface area contributed by atoms with Gasteiger partial charge in [0, 0.05) is 22.9 Å². The Hall–Kier alpha value is -2.59. The molecular weight excluding hydrogens is 276 g/mol. The van der Waals surface area contributed by atoms with E-state index in [4.69, 9.17) is 4.74 Å². The number of fused-ring (bicyclic) bond motifs is 1. The van der Waals surface area contributed by atoms with Crippen molar-refractivity contribution in [2.75, 3.05) is 13.2 Å². The summed E-state index contributed by atoms with van der Waals surface area (Å²) in [4.78, 5) is 4.26. The zero-order chi connectivity index (χ0) is 14.9. The molecule has 0 saturated carbocycles. The van der Waals surface area contributed by atoms with Gasteiger partial charge in [0.1, 0.15) is 5.75 Å². The average Bonchev–Trinajstić information content (AvgIpc) is 3.03. The smallest absolute Gasteiger partial charge is 0.123 e. The third-order valence-corrected chi connectivity index (χ3v) is 4.04. The number of rotatable bonds is 2. The van der Waals surface area contributed by atoms with Crippen LogP contribution < -0.4 is 0 Å². The van der Waals surface area contributed by atoms with Gasteiger partial charge in [-0.2, -0.15) is 0 Å². The van der Waals surface area contributed by atoms with Crippen molar-refractivity contribution in [3.05, 3.63) is 60.7 Å². The van der Waals surface area contributed by atoms with E-state index >= 15 is 0 Å². The molecule has 22 heavy (non-hydrogen) atoms. The van der Waals surface area contributed by atoms with Crippen LogP contribution in [0.4, 0.5) is 0 Å². The Balaban J connectivity index is 1.94. The highest BCUT2D eigenvalue weighted by molar-refractivity contribution is 5.83. The fourth-order valence-electron chi connectivity index (χ4n) is 2.93. The molecule has 4 rings (SSSR count). The molecule has 4 heteroatoms. The summed E-state index contributed by atoms with van der Waals surface area (Å²) in [6.07, 6.45) is 8.69. The summed E-state index contributed by atoms with van der Waals surface area (Å²) in [5, 5.41) is 10.1. The molecule has 3 aromatic rings. The minimum absolute atomic E-state index is 0.286. The van der Waals surface area contributed by atoms with Crippen LogP contribution in [0.1, 0.15) is 12.0 Å². The summed E-state index contributed by atoms with van der Waals surface area (Å²) in [5.41, 5.74) is 5.31. The number of hydrogen-bond donors (Lipinski definition) is 1. The monoisotopic (exact) mass is 292 g/mol. The predicted molar refractivity (Wildman–Crippen MR) is 85.7 cm³/mol. The fraction of sp³-hybridized carbons (Fsp3) is 0.167. The van der Waals surface area contributed by atoms with Crippen molar-refractivity contribution in [2.24, 2.45) is 0 Å². The van der Waals surface area contributed by atoms with Crippen LogP contribution >= 0.6 is 0 Å². The van der Waals surface area contributed by atoms with Crippen LogP contribution in [0.5, 0.6) is 5.75 Å². The van der Waals surface area contributed by atoms with Gasteiger partial charge in [-0.25, -0.2) is 4.98 Å². The van der Waals surface area contributed by atoms with Crippen molar-refractivity contribution in [1.29, 1.82) is 0 Å². The summed E-state index contributed by atoms with van der Waals surface area (Å²) in [6.45, 7) is 1.39. The summed E-state index contributed by atoms with van der Waals surface area (Å²) >= 11 is 0. The first-order valence-corrected chi connectivity index (χ1v) is 7.34. The normalized spacial score (nSPS) is 15.0. The van der Waals surface area contributed by atoms with Gasteiger partial charge in [-0.15, -0.1) is 0 Å². The van der Waals surface area contributed by atoms with Crippen LogP contribution in [0.15, 0.2) is 55.1 Å². The zero-order valence-corrected chi connectivity index (χ0v) is 12.1. The number of hydrogen-bond acceptors (Lipinski definition) is 3. The molecule has 0 amide bonds. The molecule has 2 aromatic heterocycles. The summed E-state index contributed by atoms with van der Waals surface area (Å²) in [7, 11) is 0. The molecule has 110 valence electrons. The molecule has 0 unspecified atom stereocenters. The number of ether oxygens (including phenoxy) is 1. The molecule has 0 saturated heterocycles. The first kappa shape index (κ1) is 13.1. The molecule has 1 N–H and O–H groups in total. The predicted octanol–water partition coefficient (Wildman–Crippen LogP) is 3.51.